The molecule has 1 aliphatic rings. The summed E-state index contributed by atoms with van der Waals surface area (Å²) in [5, 5.41) is 4.96. The number of imide groups is 1. The van der Waals surface area contributed by atoms with Crippen molar-refractivity contribution in [1.29, 1.82) is 0 Å². The average Bonchev–Trinajstić information content (AvgIpc) is 2.96. The van der Waals surface area contributed by atoms with Gasteiger partial charge in [0.1, 0.15) is 23.7 Å². The van der Waals surface area contributed by atoms with Crippen LogP contribution in [0.25, 0.3) is 0 Å². The number of ether oxygens (including phenoxy) is 1. The summed E-state index contributed by atoms with van der Waals surface area (Å²) < 4.78 is 33.2. The Morgan fingerprint density at radius 3 is 2.65 bits per heavy atom. The first-order valence-electron chi connectivity index (χ1n) is 9.79. The lowest BCUT2D eigenvalue weighted by atomic mass is 9.91. The van der Waals surface area contributed by atoms with E-state index >= 15 is 0 Å². The van der Waals surface area contributed by atoms with Gasteiger partial charge in [0, 0.05) is 18.7 Å². The van der Waals surface area contributed by atoms with E-state index in [1.807, 2.05) is 30.3 Å². The first-order valence-corrected chi connectivity index (χ1v) is 9.79. The molecule has 0 bridgehead atoms. The van der Waals surface area contributed by atoms with Gasteiger partial charge in [-0.1, -0.05) is 30.3 Å². The summed E-state index contributed by atoms with van der Waals surface area (Å²) in [6.45, 7) is 1.93. The van der Waals surface area contributed by atoms with Crippen LogP contribution in [0.3, 0.4) is 0 Å². The predicted octanol–water partition coefficient (Wildman–Crippen LogP) is 2.45. The Hall–Kier alpha value is -3.33. The first kappa shape index (κ1) is 22.4. The van der Waals surface area contributed by atoms with Crippen molar-refractivity contribution in [2.45, 2.75) is 25.5 Å². The van der Waals surface area contributed by atoms with Gasteiger partial charge in [0.05, 0.1) is 6.61 Å². The zero-order valence-electron chi connectivity index (χ0n) is 17.0. The lowest BCUT2D eigenvalue weighted by molar-refractivity contribution is -0.134. The highest BCUT2D eigenvalue weighted by molar-refractivity contribution is 6.09. The number of hydrogen-bond donors (Lipinski definition) is 2. The van der Waals surface area contributed by atoms with E-state index < -0.39 is 41.6 Å². The molecule has 4 amide bonds. The zero-order chi connectivity index (χ0) is 22.4. The smallest absolute Gasteiger partial charge is 0.325 e. The van der Waals surface area contributed by atoms with Crippen LogP contribution in [0.1, 0.15) is 24.5 Å². The summed E-state index contributed by atoms with van der Waals surface area (Å²) in [4.78, 5) is 37.8. The maximum atomic E-state index is 14.2. The summed E-state index contributed by atoms with van der Waals surface area (Å²) in [7, 11) is 0. The third-order valence-corrected chi connectivity index (χ3v) is 4.94. The number of carbonyl (C=O) groups is 3. The van der Waals surface area contributed by atoms with E-state index in [-0.39, 0.29) is 5.56 Å². The quantitative estimate of drug-likeness (QED) is 0.472. The van der Waals surface area contributed by atoms with Crippen molar-refractivity contribution in [3.8, 4) is 0 Å². The van der Waals surface area contributed by atoms with Crippen LogP contribution < -0.4 is 10.6 Å². The second kappa shape index (κ2) is 9.65. The van der Waals surface area contributed by atoms with E-state index in [0.29, 0.717) is 31.1 Å². The van der Waals surface area contributed by atoms with Crippen molar-refractivity contribution in [3.05, 3.63) is 71.3 Å². The summed E-state index contributed by atoms with van der Waals surface area (Å²) in [5.41, 5.74) is -1.05. The Morgan fingerprint density at radius 1 is 1.16 bits per heavy atom. The number of amides is 4. The summed E-state index contributed by atoms with van der Waals surface area (Å²) in [5.74, 6) is -2.96. The minimum Gasteiger partial charge on any atom is -0.377 e. The SMILES string of the molecule is CC1(c2cc(F)ccc2F)NC(=O)N(CC(=O)NCCCOCc2ccccc2)C1=O. The van der Waals surface area contributed by atoms with Gasteiger partial charge >= 0.3 is 6.03 Å². The highest BCUT2D eigenvalue weighted by atomic mass is 19.1. The van der Waals surface area contributed by atoms with Gasteiger partial charge in [0.25, 0.3) is 5.91 Å². The third kappa shape index (κ3) is 5.24. The summed E-state index contributed by atoms with van der Waals surface area (Å²) in [6, 6.07) is 11.5. The summed E-state index contributed by atoms with van der Waals surface area (Å²) in [6.07, 6.45) is 0.547. The second-order valence-corrected chi connectivity index (χ2v) is 7.31. The van der Waals surface area contributed by atoms with Gasteiger partial charge in [-0.05, 0) is 37.1 Å². The van der Waals surface area contributed by atoms with Crippen LogP contribution in [-0.2, 0) is 26.5 Å². The molecule has 0 spiro atoms. The van der Waals surface area contributed by atoms with Gasteiger partial charge in [0.2, 0.25) is 5.91 Å². The Bertz CT molecular complexity index is 970. The molecule has 0 saturated carbocycles. The average molecular weight is 431 g/mol. The van der Waals surface area contributed by atoms with Gasteiger partial charge < -0.3 is 15.4 Å². The molecule has 1 aliphatic heterocycles. The van der Waals surface area contributed by atoms with Gasteiger partial charge in [-0.3, -0.25) is 14.5 Å². The third-order valence-electron chi connectivity index (χ3n) is 4.94. The number of hydrogen-bond acceptors (Lipinski definition) is 4. The van der Waals surface area contributed by atoms with Crippen LogP contribution in [-0.4, -0.2) is 42.4 Å². The molecule has 0 radical (unpaired) electrons. The molecule has 164 valence electrons. The molecule has 1 fully saturated rings. The highest BCUT2D eigenvalue weighted by Gasteiger charge is 2.50. The zero-order valence-corrected chi connectivity index (χ0v) is 17.0. The fourth-order valence-corrected chi connectivity index (χ4v) is 3.27. The normalized spacial score (nSPS) is 18.2. The molecule has 9 heteroatoms. The van der Waals surface area contributed by atoms with Crippen molar-refractivity contribution < 1.29 is 27.9 Å². The molecular weight excluding hydrogens is 408 g/mol. The molecular formula is C22H23F2N3O4. The molecule has 1 saturated heterocycles. The largest absolute Gasteiger partial charge is 0.377 e. The van der Waals surface area contributed by atoms with Gasteiger partial charge in [-0.25, -0.2) is 13.6 Å². The molecule has 0 aromatic heterocycles. The number of nitrogens with one attached hydrogen (secondary N) is 2. The standard InChI is InChI=1S/C22H23F2N3O4/c1-22(17-12-16(23)8-9-18(17)24)20(29)27(21(30)26-22)13-19(28)25-10-5-11-31-14-15-6-3-2-4-7-15/h2-4,6-9,12H,5,10-11,13-14H2,1H3,(H,25,28)(H,26,30). The number of urea groups is 1. The minimum absolute atomic E-state index is 0.299. The molecule has 1 heterocycles. The lowest BCUT2D eigenvalue weighted by Crippen LogP contribution is -2.44. The summed E-state index contributed by atoms with van der Waals surface area (Å²) >= 11 is 0. The predicted molar refractivity (Wildman–Crippen MR) is 108 cm³/mol. The van der Waals surface area contributed by atoms with Gasteiger partial charge in [-0.2, -0.15) is 0 Å². The van der Waals surface area contributed by atoms with Crippen molar-refractivity contribution in [1.82, 2.24) is 15.5 Å². The number of carbonyl (C=O) groups excluding carboxylic acids is 3. The van der Waals surface area contributed by atoms with Crippen LogP contribution in [0.15, 0.2) is 48.5 Å². The number of benzene rings is 2. The molecule has 1 unspecified atom stereocenters. The molecule has 2 aromatic carbocycles. The Balaban J connectivity index is 1.47. The lowest BCUT2D eigenvalue weighted by Gasteiger charge is -2.22. The van der Waals surface area contributed by atoms with Gasteiger partial charge in [-0.15, -0.1) is 0 Å². The molecule has 2 N–H and O–H groups in total. The van der Waals surface area contributed by atoms with Crippen LogP contribution in [0, 0.1) is 11.6 Å². The highest BCUT2D eigenvalue weighted by Crippen LogP contribution is 2.31. The van der Waals surface area contributed by atoms with Gasteiger partial charge in [0.15, 0.2) is 0 Å². The van der Waals surface area contributed by atoms with Crippen LogP contribution in [0.2, 0.25) is 0 Å². The molecule has 31 heavy (non-hydrogen) atoms. The van der Waals surface area contributed by atoms with E-state index in [9.17, 15) is 23.2 Å². The number of rotatable bonds is 9. The maximum Gasteiger partial charge on any atom is 0.325 e. The van der Waals surface area contributed by atoms with Crippen LogP contribution in [0.5, 0.6) is 0 Å². The van der Waals surface area contributed by atoms with Crippen molar-refractivity contribution in [2.75, 3.05) is 19.7 Å². The molecule has 0 aliphatic carbocycles. The monoisotopic (exact) mass is 431 g/mol. The van der Waals surface area contributed by atoms with Crippen LogP contribution >= 0.6 is 0 Å². The fraction of sp³-hybridized carbons (Fsp3) is 0.318. The fourth-order valence-electron chi connectivity index (χ4n) is 3.27. The number of nitrogens with zero attached hydrogens (tertiary/aromatic N) is 1. The van der Waals surface area contributed by atoms with Crippen LogP contribution in [0.4, 0.5) is 13.6 Å². The van der Waals surface area contributed by atoms with Crippen molar-refractivity contribution in [3.63, 3.8) is 0 Å². The van der Waals surface area contributed by atoms with E-state index in [1.165, 1.54) is 6.92 Å². The molecule has 3 rings (SSSR count). The number of halogens is 2. The van der Waals surface area contributed by atoms with E-state index in [2.05, 4.69) is 10.6 Å². The van der Waals surface area contributed by atoms with E-state index in [4.69, 9.17) is 4.74 Å². The Kier molecular flexibility index (Phi) is 6.96. The Morgan fingerprint density at radius 2 is 1.90 bits per heavy atom. The molecule has 2 aromatic rings. The minimum atomic E-state index is -1.80. The van der Waals surface area contributed by atoms with Crippen molar-refractivity contribution in [2.24, 2.45) is 0 Å². The molecule has 7 nitrogen and oxygen atoms in total. The van der Waals surface area contributed by atoms with E-state index in [1.54, 1.807) is 0 Å². The van der Waals surface area contributed by atoms with Crippen molar-refractivity contribution >= 4 is 17.8 Å². The van der Waals surface area contributed by atoms with E-state index in [0.717, 1.165) is 23.8 Å². The molecule has 1 atom stereocenters. The second-order valence-electron chi connectivity index (χ2n) is 7.31. The topological polar surface area (TPSA) is 87.7 Å². The first-order chi connectivity index (χ1) is 14.8. The Labute approximate surface area is 178 Å². The maximum absolute atomic E-state index is 14.2.